The Morgan fingerprint density at radius 3 is 2.76 bits per heavy atom. The van der Waals surface area contributed by atoms with Crippen LogP contribution in [0.3, 0.4) is 0 Å². The van der Waals surface area contributed by atoms with Gasteiger partial charge in [-0.1, -0.05) is 28.1 Å². The van der Waals surface area contributed by atoms with Crippen LogP contribution in [0.4, 0.5) is 4.39 Å². The molecule has 5 heteroatoms. The number of likely N-dealkylation sites (N-methyl/N-ethyl adjacent to an activating group) is 1. The van der Waals surface area contributed by atoms with Crippen molar-refractivity contribution >= 4 is 15.9 Å². The lowest BCUT2D eigenvalue weighted by Crippen LogP contribution is -2.32. The molecule has 21 heavy (non-hydrogen) atoms. The number of nitrogens with two attached hydrogens (primary N) is 1. The van der Waals surface area contributed by atoms with Crippen molar-refractivity contribution in [3.05, 3.63) is 64.1 Å². The zero-order valence-corrected chi connectivity index (χ0v) is 13.6. The maximum Gasteiger partial charge on any atom is 0.129 e. The molecule has 3 nitrogen and oxygen atoms in total. The van der Waals surface area contributed by atoms with E-state index in [2.05, 4.69) is 25.8 Å². The highest BCUT2D eigenvalue weighted by molar-refractivity contribution is 9.10. The number of halogens is 2. The van der Waals surface area contributed by atoms with Crippen molar-refractivity contribution in [2.24, 2.45) is 5.73 Å². The summed E-state index contributed by atoms with van der Waals surface area (Å²) >= 11 is 3.27. The van der Waals surface area contributed by atoms with Crippen molar-refractivity contribution in [2.75, 3.05) is 20.1 Å². The molecule has 1 heterocycles. The van der Waals surface area contributed by atoms with E-state index in [4.69, 9.17) is 5.73 Å². The molecule has 1 aromatic heterocycles. The fourth-order valence-corrected chi connectivity index (χ4v) is 2.64. The lowest BCUT2D eigenvalue weighted by molar-refractivity contribution is 0.247. The smallest absolute Gasteiger partial charge is 0.129 e. The number of nitrogens with zero attached hydrogens (tertiary/aromatic N) is 2. The van der Waals surface area contributed by atoms with Gasteiger partial charge in [0.2, 0.25) is 0 Å². The molecule has 0 bridgehead atoms. The minimum atomic E-state index is -0.232. The maximum absolute atomic E-state index is 14.1. The van der Waals surface area contributed by atoms with E-state index in [9.17, 15) is 4.39 Å². The van der Waals surface area contributed by atoms with Gasteiger partial charge in [-0.25, -0.2) is 4.39 Å². The molecule has 0 fully saturated rings. The molecular weight excluding hydrogens is 333 g/mol. The zero-order valence-electron chi connectivity index (χ0n) is 12.0. The van der Waals surface area contributed by atoms with Gasteiger partial charge in [0.05, 0.1) is 0 Å². The summed E-state index contributed by atoms with van der Waals surface area (Å²) in [5.41, 5.74) is 7.50. The minimum absolute atomic E-state index is 0.137. The van der Waals surface area contributed by atoms with E-state index in [-0.39, 0.29) is 11.9 Å². The van der Waals surface area contributed by atoms with Crippen molar-refractivity contribution in [3.63, 3.8) is 0 Å². The SMILES string of the molecule is CN(CCc1ccccn1)C(CN)c1ccc(Br)cc1F. The highest BCUT2D eigenvalue weighted by Crippen LogP contribution is 2.24. The Morgan fingerprint density at radius 1 is 1.33 bits per heavy atom. The Bertz CT molecular complexity index is 577. The molecule has 2 rings (SSSR count). The molecule has 0 aliphatic carbocycles. The first-order chi connectivity index (χ1) is 10.1. The second-order valence-electron chi connectivity index (χ2n) is 4.97. The average Bonchev–Trinajstić information content (AvgIpc) is 2.49. The summed E-state index contributed by atoms with van der Waals surface area (Å²) in [7, 11) is 1.96. The molecule has 0 saturated heterocycles. The van der Waals surface area contributed by atoms with Crippen molar-refractivity contribution in [2.45, 2.75) is 12.5 Å². The number of hydrogen-bond donors (Lipinski definition) is 1. The Morgan fingerprint density at radius 2 is 2.14 bits per heavy atom. The summed E-state index contributed by atoms with van der Waals surface area (Å²) in [6.07, 6.45) is 2.59. The van der Waals surface area contributed by atoms with Crippen molar-refractivity contribution in [3.8, 4) is 0 Å². The molecule has 0 aliphatic rings. The number of pyridine rings is 1. The van der Waals surface area contributed by atoms with Crippen LogP contribution in [0, 0.1) is 5.82 Å². The van der Waals surface area contributed by atoms with Crippen LogP contribution >= 0.6 is 15.9 Å². The van der Waals surface area contributed by atoms with E-state index in [1.54, 1.807) is 12.3 Å². The van der Waals surface area contributed by atoms with Crippen molar-refractivity contribution in [1.29, 1.82) is 0 Å². The zero-order chi connectivity index (χ0) is 15.2. The van der Waals surface area contributed by atoms with E-state index in [1.807, 2.05) is 31.3 Å². The second-order valence-corrected chi connectivity index (χ2v) is 5.88. The molecule has 0 spiro atoms. The Kier molecular flexibility index (Phi) is 5.85. The van der Waals surface area contributed by atoms with Gasteiger partial charge in [0.25, 0.3) is 0 Å². The quantitative estimate of drug-likeness (QED) is 0.869. The van der Waals surface area contributed by atoms with E-state index >= 15 is 0 Å². The van der Waals surface area contributed by atoms with Crippen LogP contribution in [0.2, 0.25) is 0 Å². The molecule has 0 saturated carbocycles. The molecule has 1 aromatic carbocycles. The lowest BCUT2D eigenvalue weighted by atomic mass is 10.0. The van der Waals surface area contributed by atoms with Gasteiger partial charge in [-0.3, -0.25) is 9.88 Å². The molecule has 1 unspecified atom stereocenters. The standard InChI is InChI=1S/C16H19BrFN3/c1-21(9-7-13-4-2-3-8-20-13)16(11-19)14-6-5-12(17)10-15(14)18/h2-6,8,10,16H,7,9,11,19H2,1H3. The van der Waals surface area contributed by atoms with Crippen LogP contribution in [-0.2, 0) is 6.42 Å². The van der Waals surface area contributed by atoms with Gasteiger partial charge in [0.15, 0.2) is 0 Å². The molecular formula is C16H19BrFN3. The van der Waals surface area contributed by atoms with E-state index < -0.39 is 0 Å². The van der Waals surface area contributed by atoms with Gasteiger partial charge in [-0.2, -0.15) is 0 Å². The average molecular weight is 352 g/mol. The normalized spacial score (nSPS) is 12.6. The van der Waals surface area contributed by atoms with Crippen LogP contribution in [0.5, 0.6) is 0 Å². The first-order valence-electron chi connectivity index (χ1n) is 6.87. The number of rotatable bonds is 6. The predicted octanol–water partition coefficient (Wildman–Crippen LogP) is 3.16. The molecule has 1 atom stereocenters. The maximum atomic E-state index is 14.1. The molecule has 112 valence electrons. The Balaban J connectivity index is 2.06. The highest BCUT2D eigenvalue weighted by Gasteiger charge is 2.19. The second kappa shape index (κ2) is 7.64. The van der Waals surface area contributed by atoms with Gasteiger partial charge >= 0.3 is 0 Å². The van der Waals surface area contributed by atoms with Crippen LogP contribution in [-0.4, -0.2) is 30.0 Å². The monoisotopic (exact) mass is 351 g/mol. The predicted molar refractivity (Wildman–Crippen MR) is 86.5 cm³/mol. The van der Waals surface area contributed by atoms with Crippen molar-refractivity contribution in [1.82, 2.24) is 9.88 Å². The summed E-state index contributed by atoms with van der Waals surface area (Å²) in [4.78, 5) is 6.37. The van der Waals surface area contributed by atoms with E-state index in [1.165, 1.54) is 6.07 Å². The molecule has 0 radical (unpaired) electrons. The summed E-state index contributed by atoms with van der Waals surface area (Å²) in [5, 5.41) is 0. The number of hydrogen-bond acceptors (Lipinski definition) is 3. The third-order valence-electron chi connectivity index (χ3n) is 3.52. The van der Waals surface area contributed by atoms with E-state index in [0.717, 1.165) is 23.1 Å². The lowest BCUT2D eigenvalue weighted by Gasteiger charge is -2.27. The van der Waals surface area contributed by atoms with Crippen LogP contribution in [0.25, 0.3) is 0 Å². The summed E-state index contributed by atoms with van der Waals surface area (Å²) < 4.78 is 14.8. The summed E-state index contributed by atoms with van der Waals surface area (Å²) in [6.45, 7) is 1.14. The summed E-state index contributed by atoms with van der Waals surface area (Å²) in [5.74, 6) is -0.232. The van der Waals surface area contributed by atoms with Gasteiger partial charge < -0.3 is 5.73 Å². The van der Waals surface area contributed by atoms with Crippen LogP contribution in [0.15, 0.2) is 47.1 Å². The third-order valence-corrected chi connectivity index (χ3v) is 4.02. The number of benzene rings is 1. The topological polar surface area (TPSA) is 42.2 Å². The fourth-order valence-electron chi connectivity index (χ4n) is 2.31. The van der Waals surface area contributed by atoms with Gasteiger partial charge in [-0.05, 0) is 31.3 Å². The van der Waals surface area contributed by atoms with Gasteiger partial charge in [0, 0.05) is 47.5 Å². The Labute approximate surface area is 133 Å². The fraction of sp³-hybridized carbons (Fsp3) is 0.312. The molecule has 0 aliphatic heterocycles. The van der Waals surface area contributed by atoms with Gasteiger partial charge in [0.1, 0.15) is 5.82 Å². The van der Waals surface area contributed by atoms with Crippen LogP contribution < -0.4 is 5.73 Å². The number of aromatic nitrogens is 1. The van der Waals surface area contributed by atoms with Crippen molar-refractivity contribution < 1.29 is 4.39 Å². The first kappa shape index (κ1) is 16.1. The van der Waals surface area contributed by atoms with E-state index in [0.29, 0.717) is 12.1 Å². The third kappa shape index (κ3) is 4.33. The van der Waals surface area contributed by atoms with Crippen LogP contribution in [0.1, 0.15) is 17.3 Å². The molecule has 2 N–H and O–H groups in total. The van der Waals surface area contributed by atoms with Gasteiger partial charge in [-0.15, -0.1) is 0 Å². The molecule has 0 amide bonds. The minimum Gasteiger partial charge on any atom is -0.329 e. The molecule has 2 aromatic rings. The first-order valence-corrected chi connectivity index (χ1v) is 7.66. The Hall–Kier alpha value is -1.30. The highest BCUT2D eigenvalue weighted by atomic mass is 79.9. The summed E-state index contributed by atoms with van der Waals surface area (Å²) in [6, 6.07) is 10.8. The largest absolute Gasteiger partial charge is 0.329 e.